The molecule has 0 aliphatic carbocycles. The molecule has 0 aromatic heterocycles. The van der Waals surface area contributed by atoms with E-state index in [1.807, 2.05) is 0 Å². The van der Waals surface area contributed by atoms with Gasteiger partial charge in [-0.1, -0.05) is 11.6 Å². The standard InChI is InChI=1S/C10H14ClNO2/c1-6(13)10(12)7-3-8(11)5-9(4-7)14-2/h3-6,10,13H,12H2,1-2H3/t6-,10-/m0/s1. The van der Waals surface area contributed by atoms with E-state index in [1.165, 1.54) is 0 Å². The molecule has 0 saturated carbocycles. The van der Waals surface area contributed by atoms with Crippen LogP contribution in [0.5, 0.6) is 5.75 Å². The van der Waals surface area contributed by atoms with Crippen molar-refractivity contribution >= 4 is 11.6 Å². The Bertz CT molecular complexity index is 315. The van der Waals surface area contributed by atoms with E-state index >= 15 is 0 Å². The Kier molecular flexibility index (Phi) is 3.75. The van der Waals surface area contributed by atoms with Crippen LogP contribution in [-0.2, 0) is 0 Å². The molecule has 1 aromatic rings. The Hall–Kier alpha value is -0.770. The molecule has 0 unspecified atom stereocenters. The van der Waals surface area contributed by atoms with Crippen LogP contribution in [0.4, 0.5) is 0 Å². The lowest BCUT2D eigenvalue weighted by molar-refractivity contribution is 0.164. The number of halogens is 1. The number of nitrogens with two attached hydrogens (primary N) is 1. The van der Waals surface area contributed by atoms with Crippen molar-refractivity contribution in [3.05, 3.63) is 28.8 Å². The first-order valence-electron chi connectivity index (χ1n) is 4.32. The highest BCUT2D eigenvalue weighted by molar-refractivity contribution is 6.30. The van der Waals surface area contributed by atoms with Gasteiger partial charge in [0.1, 0.15) is 5.75 Å². The SMILES string of the molecule is COc1cc(Cl)cc([C@@H](N)[C@H](C)O)c1. The normalized spacial score (nSPS) is 14.9. The van der Waals surface area contributed by atoms with E-state index in [2.05, 4.69) is 0 Å². The Morgan fingerprint density at radius 2 is 2.07 bits per heavy atom. The Balaban J connectivity index is 3.02. The number of methoxy groups -OCH3 is 1. The molecule has 0 bridgehead atoms. The van der Waals surface area contributed by atoms with Crippen LogP contribution in [0.25, 0.3) is 0 Å². The van der Waals surface area contributed by atoms with Crippen molar-refractivity contribution < 1.29 is 9.84 Å². The molecule has 14 heavy (non-hydrogen) atoms. The van der Waals surface area contributed by atoms with Gasteiger partial charge in [-0.2, -0.15) is 0 Å². The van der Waals surface area contributed by atoms with Gasteiger partial charge in [0, 0.05) is 5.02 Å². The van der Waals surface area contributed by atoms with E-state index < -0.39 is 12.1 Å². The molecule has 78 valence electrons. The first-order chi connectivity index (χ1) is 6.54. The highest BCUT2D eigenvalue weighted by atomic mass is 35.5. The smallest absolute Gasteiger partial charge is 0.120 e. The van der Waals surface area contributed by atoms with E-state index in [0.29, 0.717) is 10.8 Å². The molecule has 1 aromatic carbocycles. The minimum Gasteiger partial charge on any atom is -0.497 e. The van der Waals surface area contributed by atoms with Crippen molar-refractivity contribution in [3.63, 3.8) is 0 Å². The molecule has 0 aliphatic heterocycles. The molecular weight excluding hydrogens is 202 g/mol. The molecule has 3 nitrogen and oxygen atoms in total. The third-order valence-corrected chi connectivity index (χ3v) is 2.25. The summed E-state index contributed by atoms with van der Waals surface area (Å²) >= 11 is 5.86. The van der Waals surface area contributed by atoms with Crippen LogP contribution in [0.15, 0.2) is 18.2 Å². The Morgan fingerprint density at radius 3 is 2.57 bits per heavy atom. The number of hydrogen-bond donors (Lipinski definition) is 2. The molecule has 0 amide bonds. The molecule has 0 fully saturated rings. The summed E-state index contributed by atoms with van der Waals surface area (Å²) in [6.45, 7) is 1.64. The molecule has 0 spiro atoms. The average Bonchev–Trinajstić information content (AvgIpc) is 2.15. The minimum atomic E-state index is -0.613. The van der Waals surface area contributed by atoms with Gasteiger partial charge in [0.05, 0.1) is 19.3 Å². The maximum absolute atomic E-state index is 9.32. The summed E-state index contributed by atoms with van der Waals surface area (Å²) < 4.78 is 5.04. The van der Waals surface area contributed by atoms with Gasteiger partial charge < -0.3 is 15.6 Å². The minimum absolute atomic E-state index is 0.442. The number of aliphatic hydroxyl groups is 1. The second-order valence-corrected chi connectivity index (χ2v) is 3.63. The van der Waals surface area contributed by atoms with E-state index in [4.69, 9.17) is 22.1 Å². The first-order valence-corrected chi connectivity index (χ1v) is 4.70. The van der Waals surface area contributed by atoms with Crippen LogP contribution in [0.2, 0.25) is 5.02 Å². The predicted octanol–water partition coefficient (Wildman–Crippen LogP) is 1.73. The van der Waals surface area contributed by atoms with Crippen LogP contribution in [0, 0.1) is 0 Å². The summed E-state index contributed by atoms with van der Waals surface area (Å²) in [4.78, 5) is 0. The zero-order valence-corrected chi connectivity index (χ0v) is 8.95. The third kappa shape index (κ3) is 2.61. The van der Waals surface area contributed by atoms with Gasteiger partial charge >= 0.3 is 0 Å². The van der Waals surface area contributed by atoms with Crippen molar-refractivity contribution in [3.8, 4) is 5.75 Å². The third-order valence-electron chi connectivity index (χ3n) is 2.03. The van der Waals surface area contributed by atoms with Crippen LogP contribution < -0.4 is 10.5 Å². The summed E-state index contributed by atoms with van der Waals surface area (Å²) in [7, 11) is 1.56. The van der Waals surface area contributed by atoms with Crippen LogP contribution in [0.1, 0.15) is 18.5 Å². The van der Waals surface area contributed by atoms with Crippen molar-refractivity contribution in [2.45, 2.75) is 19.1 Å². The molecule has 0 radical (unpaired) electrons. The lowest BCUT2D eigenvalue weighted by Gasteiger charge is -2.16. The van der Waals surface area contributed by atoms with Crippen molar-refractivity contribution in [2.75, 3.05) is 7.11 Å². The molecule has 1 rings (SSSR count). The number of rotatable bonds is 3. The molecule has 2 atom stereocenters. The largest absolute Gasteiger partial charge is 0.497 e. The van der Waals surface area contributed by atoms with Gasteiger partial charge in [0.15, 0.2) is 0 Å². The second-order valence-electron chi connectivity index (χ2n) is 3.19. The van der Waals surface area contributed by atoms with Crippen LogP contribution in [0.3, 0.4) is 0 Å². The van der Waals surface area contributed by atoms with Crippen molar-refractivity contribution in [1.29, 1.82) is 0 Å². The summed E-state index contributed by atoms with van der Waals surface area (Å²) in [6.07, 6.45) is -0.613. The van der Waals surface area contributed by atoms with Crippen molar-refractivity contribution in [1.82, 2.24) is 0 Å². The average molecular weight is 216 g/mol. The first kappa shape index (κ1) is 11.3. The monoisotopic (exact) mass is 215 g/mol. The fourth-order valence-electron chi connectivity index (χ4n) is 1.17. The van der Waals surface area contributed by atoms with E-state index in [9.17, 15) is 5.11 Å². The maximum Gasteiger partial charge on any atom is 0.120 e. The predicted molar refractivity (Wildman–Crippen MR) is 56.6 cm³/mol. The lowest BCUT2D eigenvalue weighted by Crippen LogP contribution is -2.23. The summed E-state index contributed by atoms with van der Waals surface area (Å²) in [5, 5.41) is 9.87. The van der Waals surface area contributed by atoms with Gasteiger partial charge in [-0.25, -0.2) is 0 Å². The fourth-order valence-corrected chi connectivity index (χ4v) is 1.41. The second kappa shape index (κ2) is 4.64. The molecule has 0 aliphatic rings. The summed E-state index contributed by atoms with van der Waals surface area (Å²) in [5.74, 6) is 0.642. The molecule has 4 heteroatoms. The highest BCUT2D eigenvalue weighted by Gasteiger charge is 2.13. The van der Waals surface area contributed by atoms with Gasteiger partial charge in [0.2, 0.25) is 0 Å². The molecular formula is C10H14ClNO2. The van der Waals surface area contributed by atoms with Gasteiger partial charge in [-0.3, -0.25) is 0 Å². The summed E-state index contributed by atoms with van der Waals surface area (Å²) in [6, 6.07) is 4.74. The number of hydrogen-bond acceptors (Lipinski definition) is 3. The van der Waals surface area contributed by atoms with Crippen molar-refractivity contribution in [2.24, 2.45) is 5.73 Å². The van der Waals surface area contributed by atoms with E-state index in [-0.39, 0.29) is 0 Å². The maximum atomic E-state index is 9.32. The van der Waals surface area contributed by atoms with E-state index in [0.717, 1.165) is 5.56 Å². The van der Waals surface area contributed by atoms with Crippen LogP contribution in [-0.4, -0.2) is 18.3 Å². The van der Waals surface area contributed by atoms with Gasteiger partial charge in [-0.15, -0.1) is 0 Å². The van der Waals surface area contributed by atoms with Crippen LogP contribution >= 0.6 is 11.6 Å². The van der Waals surface area contributed by atoms with Gasteiger partial charge in [0.25, 0.3) is 0 Å². The molecule has 3 N–H and O–H groups in total. The topological polar surface area (TPSA) is 55.5 Å². The molecule has 0 heterocycles. The number of benzene rings is 1. The van der Waals surface area contributed by atoms with Gasteiger partial charge in [-0.05, 0) is 30.7 Å². The zero-order valence-electron chi connectivity index (χ0n) is 8.20. The zero-order chi connectivity index (χ0) is 10.7. The quantitative estimate of drug-likeness (QED) is 0.808. The lowest BCUT2D eigenvalue weighted by atomic mass is 10.0. The Labute approximate surface area is 88.4 Å². The summed E-state index contributed by atoms with van der Waals surface area (Å²) in [5.41, 5.74) is 6.53. The highest BCUT2D eigenvalue weighted by Crippen LogP contribution is 2.25. The molecule has 0 saturated heterocycles. The number of aliphatic hydroxyl groups excluding tert-OH is 1. The number of ether oxygens (including phenoxy) is 1. The van der Waals surface area contributed by atoms with E-state index in [1.54, 1.807) is 32.2 Å². The Morgan fingerprint density at radius 1 is 1.43 bits per heavy atom. The fraction of sp³-hybridized carbons (Fsp3) is 0.400.